The smallest absolute Gasteiger partial charge is 0.167 e. The fraction of sp³-hybridized carbons (Fsp3) is 0. The van der Waals surface area contributed by atoms with Crippen molar-refractivity contribution in [1.82, 2.24) is 15.0 Å². The number of fused-ring (bicyclic) bond motifs is 3. The van der Waals surface area contributed by atoms with Crippen molar-refractivity contribution in [3.05, 3.63) is 176 Å². The maximum Gasteiger partial charge on any atom is 0.167 e. The van der Waals surface area contributed by atoms with Crippen LogP contribution in [0, 0.1) is 0 Å². The summed E-state index contributed by atoms with van der Waals surface area (Å²) in [5.41, 5.74) is 11.0. The fourth-order valence-electron chi connectivity index (χ4n) is 6.50. The lowest BCUT2D eigenvalue weighted by Crippen LogP contribution is -2.00. The Kier molecular flexibility index (Phi) is 7.10. The first-order chi connectivity index (χ1) is 24.3. The normalized spacial score (nSPS) is 11.3. The molecule has 2 aromatic heterocycles. The van der Waals surface area contributed by atoms with Gasteiger partial charge < -0.3 is 4.42 Å². The summed E-state index contributed by atoms with van der Waals surface area (Å²) < 4.78 is 6.62. The summed E-state index contributed by atoms with van der Waals surface area (Å²) in [5.74, 6) is 1.76. The molecule has 0 N–H and O–H groups in total. The predicted octanol–water partition coefficient (Wildman–Crippen LogP) is 11.8. The van der Waals surface area contributed by atoms with Crippen molar-refractivity contribution >= 4 is 21.9 Å². The largest absolute Gasteiger partial charge is 0.455 e. The lowest BCUT2D eigenvalue weighted by molar-refractivity contribution is 0.669. The van der Waals surface area contributed by atoms with Crippen LogP contribution in [0.4, 0.5) is 0 Å². The molecule has 0 saturated carbocycles. The summed E-state index contributed by atoms with van der Waals surface area (Å²) in [7, 11) is 0. The van der Waals surface area contributed by atoms with Gasteiger partial charge in [0.25, 0.3) is 0 Å². The lowest BCUT2D eigenvalue weighted by Gasteiger charge is -2.11. The van der Waals surface area contributed by atoms with Gasteiger partial charge in [-0.05, 0) is 45.5 Å². The van der Waals surface area contributed by atoms with Gasteiger partial charge >= 0.3 is 0 Å². The molecule has 230 valence electrons. The molecule has 0 amide bonds. The Balaban J connectivity index is 1.23. The van der Waals surface area contributed by atoms with E-state index in [4.69, 9.17) is 19.4 Å². The van der Waals surface area contributed by atoms with Crippen molar-refractivity contribution in [2.24, 2.45) is 0 Å². The third-order valence-corrected chi connectivity index (χ3v) is 8.99. The van der Waals surface area contributed by atoms with E-state index < -0.39 is 0 Å². The van der Waals surface area contributed by atoms with Gasteiger partial charge in [-0.25, -0.2) is 15.0 Å². The van der Waals surface area contributed by atoms with Gasteiger partial charge in [-0.2, -0.15) is 0 Å². The second kappa shape index (κ2) is 12.2. The highest BCUT2D eigenvalue weighted by atomic mass is 16.3. The Morgan fingerprint density at radius 3 is 1.27 bits per heavy atom. The van der Waals surface area contributed by atoms with E-state index in [0.29, 0.717) is 17.5 Å². The van der Waals surface area contributed by atoms with Gasteiger partial charge in [0.2, 0.25) is 0 Å². The Morgan fingerprint density at radius 2 is 0.714 bits per heavy atom. The monoisotopic (exact) mass is 627 g/mol. The fourth-order valence-corrected chi connectivity index (χ4v) is 6.50. The summed E-state index contributed by atoms with van der Waals surface area (Å²) in [6.07, 6.45) is 0. The number of hydrogen-bond acceptors (Lipinski definition) is 4. The van der Waals surface area contributed by atoms with Gasteiger partial charge in [0, 0.05) is 21.9 Å². The Labute approximate surface area is 284 Å². The van der Waals surface area contributed by atoms with Crippen LogP contribution in [0.5, 0.6) is 0 Å². The number of rotatable bonds is 6. The molecule has 0 aliphatic carbocycles. The molecule has 0 radical (unpaired) electrons. The van der Waals surface area contributed by atoms with E-state index in [9.17, 15) is 0 Å². The molecule has 0 spiro atoms. The maximum atomic E-state index is 6.62. The van der Waals surface area contributed by atoms with E-state index in [1.54, 1.807) is 0 Å². The summed E-state index contributed by atoms with van der Waals surface area (Å²) in [6, 6.07) is 60.4. The second-order valence-corrected chi connectivity index (χ2v) is 12.0. The topological polar surface area (TPSA) is 51.8 Å². The number of para-hydroxylation sites is 1. The van der Waals surface area contributed by atoms with E-state index in [2.05, 4.69) is 146 Å². The average molecular weight is 628 g/mol. The SMILES string of the molecule is c1ccc(-c2ccc(-c3nc(-c4ccc(-c5ccccc5)cc4)nc(-c4ccc(-c5ccccc5)c5c4oc4ccccc45)n3)cc2)cc1. The molecular weight excluding hydrogens is 599 g/mol. The lowest BCUT2D eigenvalue weighted by atomic mass is 9.97. The summed E-state index contributed by atoms with van der Waals surface area (Å²) in [4.78, 5) is 15.3. The molecule has 9 rings (SSSR count). The molecule has 4 heteroatoms. The van der Waals surface area contributed by atoms with Crippen LogP contribution < -0.4 is 0 Å². The van der Waals surface area contributed by atoms with Gasteiger partial charge in [-0.15, -0.1) is 0 Å². The standard InChI is InChI=1S/C45H29N3O/c1-4-12-30(13-5-1)32-20-24-35(25-21-32)43-46-44(36-26-22-33(23-27-36)31-14-6-2-7-15-31)48-45(47-43)39-29-28-37(34-16-8-3-9-17-34)41-38-18-10-11-19-40(38)49-42(39)41/h1-29H. The highest BCUT2D eigenvalue weighted by molar-refractivity contribution is 6.15. The molecule has 0 atom stereocenters. The van der Waals surface area contributed by atoms with Crippen molar-refractivity contribution in [2.45, 2.75) is 0 Å². The number of aromatic nitrogens is 3. The van der Waals surface area contributed by atoms with E-state index in [1.165, 1.54) is 0 Å². The van der Waals surface area contributed by atoms with Crippen molar-refractivity contribution in [3.63, 3.8) is 0 Å². The van der Waals surface area contributed by atoms with E-state index in [-0.39, 0.29) is 0 Å². The molecule has 49 heavy (non-hydrogen) atoms. The number of benzene rings is 7. The summed E-state index contributed by atoms with van der Waals surface area (Å²) >= 11 is 0. The van der Waals surface area contributed by atoms with Crippen LogP contribution in [0.15, 0.2) is 180 Å². The maximum absolute atomic E-state index is 6.62. The number of nitrogens with zero attached hydrogens (tertiary/aromatic N) is 3. The quantitative estimate of drug-likeness (QED) is 0.184. The highest BCUT2D eigenvalue weighted by Crippen LogP contribution is 2.41. The molecular formula is C45H29N3O. The minimum atomic E-state index is 0.558. The molecule has 0 unspecified atom stereocenters. The zero-order valence-corrected chi connectivity index (χ0v) is 26.5. The molecule has 0 fully saturated rings. The molecule has 0 saturated heterocycles. The van der Waals surface area contributed by atoms with Crippen LogP contribution >= 0.6 is 0 Å². The molecule has 4 nitrogen and oxygen atoms in total. The van der Waals surface area contributed by atoms with Crippen LogP contribution in [-0.2, 0) is 0 Å². The molecule has 7 aromatic carbocycles. The van der Waals surface area contributed by atoms with E-state index in [1.807, 2.05) is 30.3 Å². The summed E-state index contributed by atoms with van der Waals surface area (Å²) in [5, 5.41) is 2.10. The molecule has 2 heterocycles. The Bertz CT molecular complexity index is 2460. The van der Waals surface area contributed by atoms with Crippen molar-refractivity contribution in [1.29, 1.82) is 0 Å². The molecule has 0 bridgehead atoms. The third-order valence-electron chi connectivity index (χ3n) is 8.99. The Hall–Kier alpha value is -6.65. The first kappa shape index (κ1) is 28.6. The minimum absolute atomic E-state index is 0.558. The van der Waals surface area contributed by atoms with E-state index >= 15 is 0 Å². The minimum Gasteiger partial charge on any atom is -0.455 e. The first-order valence-corrected chi connectivity index (χ1v) is 16.4. The van der Waals surface area contributed by atoms with Crippen molar-refractivity contribution < 1.29 is 4.42 Å². The van der Waals surface area contributed by atoms with Crippen LogP contribution in [-0.4, -0.2) is 15.0 Å². The first-order valence-electron chi connectivity index (χ1n) is 16.4. The molecule has 9 aromatic rings. The van der Waals surface area contributed by atoms with Crippen LogP contribution in [0.3, 0.4) is 0 Å². The van der Waals surface area contributed by atoms with Crippen molar-refractivity contribution in [2.75, 3.05) is 0 Å². The van der Waals surface area contributed by atoms with Gasteiger partial charge in [-0.1, -0.05) is 164 Å². The zero-order valence-electron chi connectivity index (χ0n) is 26.5. The van der Waals surface area contributed by atoms with Gasteiger partial charge in [-0.3, -0.25) is 0 Å². The average Bonchev–Trinajstić information content (AvgIpc) is 3.58. The summed E-state index contributed by atoms with van der Waals surface area (Å²) in [6.45, 7) is 0. The zero-order chi connectivity index (χ0) is 32.6. The molecule has 0 aliphatic heterocycles. The van der Waals surface area contributed by atoms with Crippen molar-refractivity contribution in [3.8, 4) is 67.5 Å². The van der Waals surface area contributed by atoms with Crippen LogP contribution in [0.2, 0.25) is 0 Å². The number of furan rings is 1. The highest BCUT2D eigenvalue weighted by Gasteiger charge is 2.20. The molecule has 0 aliphatic rings. The Morgan fingerprint density at radius 1 is 0.306 bits per heavy atom. The van der Waals surface area contributed by atoms with E-state index in [0.717, 1.165) is 72.0 Å². The number of hydrogen-bond donors (Lipinski definition) is 0. The van der Waals surface area contributed by atoms with Gasteiger partial charge in [0.1, 0.15) is 11.2 Å². The third kappa shape index (κ3) is 5.35. The van der Waals surface area contributed by atoms with Crippen LogP contribution in [0.1, 0.15) is 0 Å². The second-order valence-electron chi connectivity index (χ2n) is 12.0. The van der Waals surface area contributed by atoms with Crippen LogP contribution in [0.25, 0.3) is 89.5 Å². The van der Waals surface area contributed by atoms with Gasteiger partial charge in [0.15, 0.2) is 17.5 Å². The van der Waals surface area contributed by atoms with Gasteiger partial charge in [0.05, 0.1) is 5.56 Å². The predicted molar refractivity (Wildman–Crippen MR) is 200 cm³/mol.